The van der Waals surface area contributed by atoms with Gasteiger partial charge in [0.15, 0.2) is 5.76 Å². The minimum Gasteiger partial charge on any atom is -0.357 e. The highest BCUT2D eigenvalue weighted by atomic mass is 19.1. The summed E-state index contributed by atoms with van der Waals surface area (Å²) in [5.41, 5.74) is 1.75. The fourth-order valence-corrected chi connectivity index (χ4v) is 2.74. The summed E-state index contributed by atoms with van der Waals surface area (Å²) in [4.78, 5) is 20.6. The van der Waals surface area contributed by atoms with Crippen molar-refractivity contribution in [2.45, 2.75) is 13.3 Å². The lowest BCUT2D eigenvalue weighted by molar-refractivity contribution is 0.300. The van der Waals surface area contributed by atoms with Crippen molar-refractivity contribution in [3.05, 3.63) is 82.5 Å². The van der Waals surface area contributed by atoms with Gasteiger partial charge in [0.25, 0.3) is 5.56 Å². The highest BCUT2D eigenvalue weighted by Gasteiger charge is 2.19. The summed E-state index contributed by atoms with van der Waals surface area (Å²) in [5.74, 6) is -0.290. The fourth-order valence-electron chi connectivity index (χ4n) is 2.74. The first-order valence-corrected chi connectivity index (χ1v) is 7.85. The predicted molar refractivity (Wildman–Crippen MR) is 99.7 cm³/mol. The van der Waals surface area contributed by atoms with Crippen molar-refractivity contribution in [2.24, 2.45) is 5.16 Å². The number of hydrogen-bond acceptors (Lipinski definition) is 3. The van der Waals surface area contributed by atoms with E-state index in [2.05, 4.69) is 16.7 Å². The van der Waals surface area contributed by atoms with Crippen LogP contribution in [-0.2, 0) is 4.84 Å². The minimum atomic E-state index is -0.390. The summed E-state index contributed by atoms with van der Waals surface area (Å²) in [5, 5.41) is 4.26. The highest BCUT2D eigenvalue weighted by molar-refractivity contribution is 5.98. The van der Waals surface area contributed by atoms with Crippen molar-refractivity contribution < 1.29 is 9.23 Å². The number of fused-ring (bicyclic) bond motifs is 1. The van der Waals surface area contributed by atoms with E-state index in [1.807, 2.05) is 30.4 Å². The van der Waals surface area contributed by atoms with Gasteiger partial charge in [-0.05, 0) is 37.1 Å². The van der Waals surface area contributed by atoms with Gasteiger partial charge in [-0.1, -0.05) is 42.1 Å². The van der Waals surface area contributed by atoms with Gasteiger partial charge in [0.05, 0.1) is 5.56 Å². The number of aromatic amines is 1. The maximum atomic E-state index is 13.9. The van der Waals surface area contributed by atoms with Crippen molar-refractivity contribution >= 4 is 28.4 Å². The van der Waals surface area contributed by atoms with Crippen LogP contribution in [-0.4, -0.2) is 11.2 Å². The van der Waals surface area contributed by atoms with Gasteiger partial charge in [-0.15, -0.1) is 0 Å². The van der Waals surface area contributed by atoms with Crippen LogP contribution in [0.4, 0.5) is 4.39 Å². The van der Waals surface area contributed by atoms with Crippen LogP contribution in [0.2, 0.25) is 0 Å². The van der Waals surface area contributed by atoms with Crippen molar-refractivity contribution in [1.82, 2.24) is 4.98 Å². The molecule has 126 valence electrons. The molecule has 1 heterocycles. The molecule has 1 aromatic carbocycles. The molecular weight excluding hydrogens is 319 g/mol. The second-order valence-electron chi connectivity index (χ2n) is 5.46. The largest absolute Gasteiger partial charge is 0.357 e. The molecule has 0 fully saturated rings. The molecule has 4 nitrogen and oxygen atoms in total. The van der Waals surface area contributed by atoms with Crippen molar-refractivity contribution in [3.8, 4) is 0 Å². The minimum absolute atomic E-state index is 0.100. The van der Waals surface area contributed by atoms with E-state index in [4.69, 9.17) is 4.84 Å². The number of halogens is 1. The van der Waals surface area contributed by atoms with Crippen LogP contribution in [0.15, 0.2) is 65.1 Å². The Balaban J connectivity index is 2.37. The van der Waals surface area contributed by atoms with Crippen LogP contribution in [0.3, 0.4) is 0 Å². The van der Waals surface area contributed by atoms with Crippen LogP contribution in [0.5, 0.6) is 0 Å². The Morgan fingerprint density at radius 3 is 3.04 bits per heavy atom. The van der Waals surface area contributed by atoms with Crippen molar-refractivity contribution in [2.75, 3.05) is 0 Å². The molecule has 1 aliphatic carbocycles. The third-order valence-electron chi connectivity index (χ3n) is 3.79. The zero-order valence-corrected chi connectivity index (χ0v) is 13.8. The molecule has 1 aromatic heterocycles. The first kappa shape index (κ1) is 16.6. The van der Waals surface area contributed by atoms with E-state index in [1.165, 1.54) is 18.3 Å². The molecule has 5 heteroatoms. The lowest BCUT2D eigenvalue weighted by Crippen LogP contribution is -2.16. The standard InChI is InChI=1S/C20H17FN2O2/c1-3-22-25-13(2)18-19(14-8-6-4-5-7-9-14)16-12-15(21)10-11-17(16)23-20(18)24/h3-4,6-12H,2,5H2,1H3,(H,23,24)/b22-3+. The fraction of sp³-hybridized carbons (Fsp3) is 0.100. The van der Waals surface area contributed by atoms with Gasteiger partial charge < -0.3 is 9.82 Å². The molecule has 0 amide bonds. The van der Waals surface area contributed by atoms with Crippen LogP contribution in [0.25, 0.3) is 22.2 Å². The van der Waals surface area contributed by atoms with Gasteiger partial charge >= 0.3 is 0 Å². The maximum Gasteiger partial charge on any atom is 0.260 e. The first-order chi connectivity index (χ1) is 12.1. The zero-order valence-electron chi connectivity index (χ0n) is 13.8. The van der Waals surface area contributed by atoms with Crippen molar-refractivity contribution in [1.29, 1.82) is 0 Å². The number of hydrogen-bond donors (Lipinski definition) is 1. The molecule has 1 N–H and O–H groups in total. The summed E-state index contributed by atoms with van der Waals surface area (Å²) in [6.45, 7) is 5.50. The Labute approximate surface area is 144 Å². The summed E-state index contributed by atoms with van der Waals surface area (Å²) >= 11 is 0. The van der Waals surface area contributed by atoms with Gasteiger partial charge in [0, 0.05) is 22.7 Å². The van der Waals surface area contributed by atoms with Crippen LogP contribution >= 0.6 is 0 Å². The second kappa shape index (κ2) is 7.13. The highest BCUT2D eigenvalue weighted by Crippen LogP contribution is 2.31. The Morgan fingerprint density at radius 2 is 2.24 bits per heavy atom. The Hall–Kier alpha value is -3.21. The van der Waals surface area contributed by atoms with Crippen LogP contribution in [0.1, 0.15) is 24.5 Å². The zero-order chi connectivity index (χ0) is 17.8. The number of aromatic nitrogens is 1. The summed E-state index contributed by atoms with van der Waals surface area (Å²) in [6.07, 6.45) is 11.9. The molecule has 0 radical (unpaired) electrons. The number of rotatable bonds is 4. The van der Waals surface area contributed by atoms with Crippen molar-refractivity contribution in [3.63, 3.8) is 0 Å². The van der Waals surface area contributed by atoms with Crippen LogP contribution in [0, 0.1) is 5.82 Å². The lowest BCUT2D eigenvalue weighted by Gasteiger charge is -2.14. The molecule has 0 bridgehead atoms. The third kappa shape index (κ3) is 3.35. The number of pyridine rings is 1. The van der Waals surface area contributed by atoms with E-state index in [0.29, 0.717) is 16.5 Å². The predicted octanol–water partition coefficient (Wildman–Crippen LogP) is 4.56. The maximum absolute atomic E-state index is 13.9. The number of H-pyrrole nitrogens is 1. The molecule has 1 aliphatic rings. The monoisotopic (exact) mass is 336 g/mol. The number of benzene rings is 1. The van der Waals surface area contributed by atoms with Gasteiger partial charge in [-0.3, -0.25) is 4.79 Å². The molecule has 0 aliphatic heterocycles. The Morgan fingerprint density at radius 1 is 1.40 bits per heavy atom. The van der Waals surface area contributed by atoms with E-state index in [9.17, 15) is 9.18 Å². The molecule has 0 spiro atoms. The number of allylic oxidation sites excluding steroid dienone is 6. The van der Waals surface area contributed by atoms with Crippen LogP contribution < -0.4 is 5.56 Å². The summed E-state index contributed by atoms with van der Waals surface area (Å²) in [6, 6.07) is 4.25. The average Bonchev–Trinajstić information content (AvgIpc) is 2.88. The topological polar surface area (TPSA) is 54.4 Å². The van der Waals surface area contributed by atoms with E-state index in [0.717, 1.165) is 12.0 Å². The molecule has 3 rings (SSSR count). The molecule has 0 unspecified atom stereocenters. The number of oxime groups is 1. The smallest absolute Gasteiger partial charge is 0.260 e. The third-order valence-corrected chi connectivity index (χ3v) is 3.79. The Kier molecular flexibility index (Phi) is 4.75. The normalized spacial score (nSPS) is 13.9. The molecule has 0 saturated heterocycles. The van der Waals surface area contributed by atoms with E-state index < -0.39 is 5.82 Å². The Bertz CT molecular complexity index is 1010. The van der Waals surface area contributed by atoms with E-state index in [1.54, 1.807) is 13.0 Å². The quantitative estimate of drug-likeness (QED) is 0.505. The SMILES string of the molecule is C=C(O/N=C/C)c1c(C2=CC=CCC=C2)c2cc(F)ccc2[nH]c1=O. The van der Waals surface area contributed by atoms with Gasteiger partial charge in [0.1, 0.15) is 5.82 Å². The molecule has 2 aromatic rings. The van der Waals surface area contributed by atoms with Gasteiger partial charge in [-0.2, -0.15) is 0 Å². The number of nitrogens with zero attached hydrogens (tertiary/aromatic N) is 1. The molecule has 25 heavy (non-hydrogen) atoms. The molecular formula is C20H17FN2O2. The lowest BCUT2D eigenvalue weighted by atomic mass is 9.94. The molecule has 0 saturated carbocycles. The van der Waals surface area contributed by atoms with E-state index >= 15 is 0 Å². The average molecular weight is 336 g/mol. The van der Waals surface area contributed by atoms with Gasteiger partial charge in [-0.25, -0.2) is 4.39 Å². The first-order valence-electron chi connectivity index (χ1n) is 7.85. The second-order valence-corrected chi connectivity index (χ2v) is 5.46. The number of nitrogens with one attached hydrogen (secondary N) is 1. The van der Waals surface area contributed by atoms with E-state index in [-0.39, 0.29) is 16.9 Å². The molecule has 0 atom stereocenters. The summed E-state index contributed by atoms with van der Waals surface area (Å²) < 4.78 is 13.9. The van der Waals surface area contributed by atoms with Gasteiger partial charge in [0.2, 0.25) is 0 Å². The summed E-state index contributed by atoms with van der Waals surface area (Å²) in [7, 11) is 0.